The van der Waals surface area contributed by atoms with Gasteiger partial charge in [-0.25, -0.2) is 4.79 Å². The van der Waals surface area contributed by atoms with E-state index in [1.54, 1.807) is 24.3 Å². The minimum absolute atomic E-state index is 0.00354. The summed E-state index contributed by atoms with van der Waals surface area (Å²) in [4.78, 5) is 70.4. The van der Waals surface area contributed by atoms with E-state index < -0.39 is 70.5 Å². The maximum atomic E-state index is 12.3. The summed E-state index contributed by atoms with van der Waals surface area (Å²) in [5, 5.41) is 18.2. The Bertz CT molecular complexity index is 1140. The molecule has 1 aromatic rings. The standard InChI is InChI=1S/C22H32N6O10S/c23-14-6-4-13(5-7-14)20(32)25-10-2-1-3-15(19(24)31)27-18(30)9-8-16(22(34)35)28-21(33)17(26-12-29)11-39(36,37)38/h4-7,12,15-17H,1-3,8-11,23H2,(H2,24,31)(H,25,32)(H,26,29)(H,27,30)(H,28,33)(H,34,35)(H,36,37,38). The van der Waals surface area contributed by atoms with E-state index in [-0.39, 0.29) is 18.7 Å². The van der Waals surface area contributed by atoms with Gasteiger partial charge >= 0.3 is 5.97 Å². The maximum absolute atomic E-state index is 12.3. The first kappa shape index (κ1) is 32.8. The molecule has 0 aromatic heterocycles. The minimum atomic E-state index is -4.69. The Hall–Kier alpha value is -4.25. The van der Waals surface area contributed by atoms with E-state index in [2.05, 4.69) is 10.6 Å². The van der Waals surface area contributed by atoms with Crippen LogP contribution in [-0.2, 0) is 34.1 Å². The number of rotatable bonds is 18. The zero-order valence-electron chi connectivity index (χ0n) is 20.8. The molecule has 5 amide bonds. The number of amides is 5. The zero-order chi connectivity index (χ0) is 29.6. The second kappa shape index (κ2) is 15.9. The monoisotopic (exact) mass is 572 g/mol. The number of primary amides is 1. The average molecular weight is 573 g/mol. The number of nitrogens with two attached hydrogens (primary N) is 2. The summed E-state index contributed by atoms with van der Waals surface area (Å²) in [6.45, 7) is 0.292. The molecule has 216 valence electrons. The average Bonchev–Trinajstić information content (AvgIpc) is 2.84. The van der Waals surface area contributed by atoms with Crippen molar-refractivity contribution in [3.05, 3.63) is 29.8 Å². The molecule has 0 bridgehead atoms. The molecule has 0 saturated heterocycles. The SMILES string of the molecule is NC(=O)C(CCCCNC(=O)c1ccc(N)cc1)NC(=O)CCC(NC(=O)C(CS(=O)(=O)O)NC=O)C(=O)O. The Labute approximate surface area is 224 Å². The van der Waals surface area contributed by atoms with Gasteiger partial charge in [-0.2, -0.15) is 8.42 Å². The molecule has 0 heterocycles. The third-order valence-electron chi connectivity index (χ3n) is 5.29. The molecule has 0 saturated carbocycles. The van der Waals surface area contributed by atoms with Crippen LogP contribution in [0.25, 0.3) is 0 Å². The number of carbonyl (C=O) groups excluding carboxylic acids is 5. The number of nitrogens with one attached hydrogen (secondary N) is 4. The van der Waals surface area contributed by atoms with Gasteiger partial charge in [-0.05, 0) is 49.9 Å². The molecule has 0 spiro atoms. The molecule has 16 nitrogen and oxygen atoms in total. The molecule has 1 aromatic carbocycles. The first-order valence-electron chi connectivity index (χ1n) is 11.6. The van der Waals surface area contributed by atoms with E-state index in [1.165, 1.54) is 0 Å². The number of hydrogen-bond acceptors (Lipinski definition) is 9. The van der Waals surface area contributed by atoms with Crippen LogP contribution in [0.2, 0.25) is 0 Å². The third-order valence-corrected chi connectivity index (χ3v) is 6.05. The molecule has 3 unspecified atom stereocenters. The second-order valence-corrected chi connectivity index (χ2v) is 9.92. The highest BCUT2D eigenvalue weighted by molar-refractivity contribution is 7.85. The van der Waals surface area contributed by atoms with Crippen LogP contribution in [0.15, 0.2) is 24.3 Å². The van der Waals surface area contributed by atoms with Gasteiger partial charge in [-0.15, -0.1) is 0 Å². The number of unbranched alkanes of at least 4 members (excludes halogenated alkanes) is 1. The van der Waals surface area contributed by atoms with Crippen LogP contribution in [0.5, 0.6) is 0 Å². The number of aliphatic carboxylic acids is 1. The molecule has 10 N–H and O–H groups in total. The highest BCUT2D eigenvalue weighted by Gasteiger charge is 2.29. The lowest BCUT2D eigenvalue weighted by Crippen LogP contribution is -2.52. The fourth-order valence-corrected chi connectivity index (χ4v) is 3.93. The summed E-state index contributed by atoms with van der Waals surface area (Å²) in [5.41, 5.74) is 11.9. The van der Waals surface area contributed by atoms with Crippen LogP contribution >= 0.6 is 0 Å². The van der Waals surface area contributed by atoms with E-state index in [9.17, 15) is 42.3 Å². The number of hydrogen-bond donors (Lipinski definition) is 8. The van der Waals surface area contributed by atoms with Gasteiger partial charge in [0.1, 0.15) is 23.9 Å². The predicted octanol–water partition coefficient (Wildman–Crippen LogP) is -2.51. The molecule has 39 heavy (non-hydrogen) atoms. The summed E-state index contributed by atoms with van der Waals surface area (Å²) in [6, 6.07) is 1.83. The fourth-order valence-electron chi connectivity index (χ4n) is 3.26. The van der Waals surface area contributed by atoms with Crippen molar-refractivity contribution in [3.63, 3.8) is 0 Å². The Kier molecular flexibility index (Phi) is 13.3. The fraction of sp³-hybridized carbons (Fsp3) is 0.455. The molecular weight excluding hydrogens is 540 g/mol. The second-order valence-electron chi connectivity index (χ2n) is 8.42. The van der Waals surface area contributed by atoms with E-state index in [4.69, 9.17) is 16.0 Å². The highest BCUT2D eigenvalue weighted by atomic mass is 32.2. The summed E-state index contributed by atoms with van der Waals surface area (Å²) < 4.78 is 30.9. The molecule has 0 aliphatic heterocycles. The van der Waals surface area contributed by atoms with Crippen molar-refractivity contribution in [2.24, 2.45) is 5.73 Å². The Balaban J connectivity index is 2.53. The summed E-state index contributed by atoms with van der Waals surface area (Å²) in [5.74, 6) is -5.84. The number of anilines is 1. The van der Waals surface area contributed by atoms with E-state index in [0.717, 1.165) is 0 Å². The molecule has 3 atom stereocenters. The van der Waals surface area contributed by atoms with Crippen LogP contribution in [-0.4, -0.2) is 84.5 Å². The maximum Gasteiger partial charge on any atom is 0.326 e. The van der Waals surface area contributed by atoms with Gasteiger partial charge in [0.2, 0.25) is 24.1 Å². The summed E-state index contributed by atoms with van der Waals surface area (Å²) >= 11 is 0. The summed E-state index contributed by atoms with van der Waals surface area (Å²) in [6.07, 6.45) is 0.108. The van der Waals surface area contributed by atoms with Crippen LogP contribution in [0, 0.1) is 0 Å². The number of benzene rings is 1. The predicted molar refractivity (Wildman–Crippen MR) is 136 cm³/mol. The Morgan fingerprint density at radius 1 is 0.949 bits per heavy atom. The van der Waals surface area contributed by atoms with Gasteiger partial charge in [-0.3, -0.25) is 28.5 Å². The van der Waals surface area contributed by atoms with Crippen LogP contribution < -0.4 is 32.7 Å². The number of carboxylic acid groups (broad SMARTS) is 1. The zero-order valence-corrected chi connectivity index (χ0v) is 21.6. The van der Waals surface area contributed by atoms with Gasteiger partial charge < -0.3 is 37.8 Å². The van der Waals surface area contributed by atoms with Gasteiger partial charge in [0.25, 0.3) is 16.0 Å². The van der Waals surface area contributed by atoms with Crippen molar-refractivity contribution < 1.29 is 46.8 Å². The lowest BCUT2D eigenvalue weighted by molar-refractivity contribution is -0.142. The lowest BCUT2D eigenvalue weighted by Gasteiger charge is -2.20. The van der Waals surface area contributed by atoms with Gasteiger partial charge in [0, 0.05) is 24.2 Å². The van der Waals surface area contributed by atoms with Gasteiger partial charge in [0.15, 0.2) is 0 Å². The van der Waals surface area contributed by atoms with Crippen molar-refractivity contribution in [1.82, 2.24) is 21.3 Å². The molecule has 1 rings (SSSR count). The van der Waals surface area contributed by atoms with Crippen LogP contribution in [0.4, 0.5) is 5.69 Å². The molecule has 0 aliphatic rings. The van der Waals surface area contributed by atoms with Crippen molar-refractivity contribution in [2.45, 2.75) is 50.2 Å². The summed E-state index contributed by atoms with van der Waals surface area (Å²) in [7, 11) is -4.69. The third kappa shape index (κ3) is 13.2. The molecule has 0 fully saturated rings. The van der Waals surface area contributed by atoms with Crippen molar-refractivity contribution in [1.29, 1.82) is 0 Å². The van der Waals surface area contributed by atoms with Gasteiger partial charge in [-0.1, -0.05) is 0 Å². The Morgan fingerprint density at radius 3 is 2.13 bits per heavy atom. The van der Waals surface area contributed by atoms with Crippen molar-refractivity contribution in [2.75, 3.05) is 18.0 Å². The van der Waals surface area contributed by atoms with E-state index in [0.29, 0.717) is 30.6 Å². The molecular formula is C22H32N6O10S. The number of carbonyl (C=O) groups is 6. The largest absolute Gasteiger partial charge is 0.480 e. The molecule has 0 radical (unpaired) electrons. The highest BCUT2D eigenvalue weighted by Crippen LogP contribution is 2.07. The normalized spacial score (nSPS) is 13.3. The topological polar surface area (TPSA) is 277 Å². The number of nitrogen functional groups attached to an aromatic ring is 1. The Morgan fingerprint density at radius 2 is 1.59 bits per heavy atom. The quantitative estimate of drug-likeness (QED) is 0.0393. The van der Waals surface area contributed by atoms with E-state index >= 15 is 0 Å². The van der Waals surface area contributed by atoms with Crippen molar-refractivity contribution in [3.8, 4) is 0 Å². The van der Waals surface area contributed by atoms with Crippen LogP contribution in [0.1, 0.15) is 42.5 Å². The van der Waals surface area contributed by atoms with Crippen molar-refractivity contribution >= 4 is 51.8 Å². The minimum Gasteiger partial charge on any atom is -0.480 e. The van der Waals surface area contributed by atoms with E-state index in [1.807, 2.05) is 10.6 Å². The number of carboxylic acids is 1. The molecule has 17 heteroatoms. The first-order chi connectivity index (χ1) is 18.2. The lowest BCUT2D eigenvalue weighted by atomic mass is 10.1. The van der Waals surface area contributed by atoms with Crippen LogP contribution in [0.3, 0.4) is 0 Å². The first-order valence-corrected chi connectivity index (χ1v) is 13.2. The van der Waals surface area contributed by atoms with Gasteiger partial charge in [0.05, 0.1) is 0 Å². The molecule has 0 aliphatic carbocycles. The smallest absolute Gasteiger partial charge is 0.326 e.